The van der Waals surface area contributed by atoms with Crippen LogP contribution in [-0.2, 0) is 9.53 Å². The Hall–Kier alpha value is -1.26. The standard InChI is InChI=1S/C15H30N2O3/c1-13(2,3)10-15(7,8)17-11(18)9-16-12(19)20-14(4,5)6/h9-10H2,1-8H3,(H,16,19)(H,17,18). The van der Waals surface area contributed by atoms with Gasteiger partial charge < -0.3 is 15.4 Å². The van der Waals surface area contributed by atoms with Gasteiger partial charge in [-0.3, -0.25) is 4.79 Å². The molecule has 5 heteroatoms. The predicted molar refractivity (Wildman–Crippen MR) is 80.5 cm³/mol. The van der Waals surface area contributed by atoms with Crippen LogP contribution in [0.2, 0.25) is 0 Å². The molecular weight excluding hydrogens is 256 g/mol. The molecule has 5 nitrogen and oxygen atoms in total. The molecule has 0 aliphatic carbocycles. The van der Waals surface area contributed by atoms with Gasteiger partial charge in [0.05, 0.1) is 0 Å². The van der Waals surface area contributed by atoms with Crippen molar-refractivity contribution in [3.8, 4) is 0 Å². The first-order valence-corrected chi connectivity index (χ1v) is 6.98. The van der Waals surface area contributed by atoms with E-state index in [1.807, 2.05) is 13.8 Å². The molecule has 0 heterocycles. The number of carbonyl (C=O) groups excluding carboxylic acids is 2. The highest BCUT2D eigenvalue weighted by Crippen LogP contribution is 2.26. The molecule has 0 fully saturated rings. The van der Waals surface area contributed by atoms with Crippen molar-refractivity contribution in [1.82, 2.24) is 10.6 Å². The van der Waals surface area contributed by atoms with E-state index in [1.54, 1.807) is 20.8 Å². The second-order valence-electron chi connectivity index (χ2n) is 8.02. The number of nitrogens with one attached hydrogen (secondary N) is 2. The highest BCUT2D eigenvalue weighted by atomic mass is 16.6. The third kappa shape index (κ3) is 10.6. The van der Waals surface area contributed by atoms with Crippen molar-refractivity contribution < 1.29 is 14.3 Å². The molecule has 0 spiro atoms. The molecule has 0 aliphatic heterocycles. The summed E-state index contributed by atoms with van der Waals surface area (Å²) >= 11 is 0. The highest BCUT2D eigenvalue weighted by molar-refractivity contribution is 5.82. The summed E-state index contributed by atoms with van der Waals surface area (Å²) in [5.41, 5.74) is -0.758. The zero-order valence-electron chi connectivity index (χ0n) is 14.1. The summed E-state index contributed by atoms with van der Waals surface area (Å²) in [6.45, 7) is 15.6. The first-order chi connectivity index (χ1) is 8.70. The Morgan fingerprint density at radius 1 is 0.950 bits per heavy atom. The van der Waals surface area contributed by atoms with Gasteiger partial charge in [-0.2, -0.15) is 0 Å². The Bertz CT molecular complexity index is 349. The summed E-state index contributed by atoms with van der Waals surface area (Å²) in [5, 5.41) is 5.37. The maximum absolute atomic E-state index is 11.8. The number of ether oxygens (including phenoxy) is 1. The smallest absolute Gasteiger partial charge is 0.408 e. The lowest BCUT2D eigenvalue weighted by atomic mass is 9.82. The van der Waals surface area contributed by atoms with E-state index in [1.165, 1.54) is 0 Å². The lowest BCUT2D eigenvalue weighted by Gasteiger charge is -2.33. The van der Waals surface area contributed by atoms with Crippen LogP contribution in [0.5, 0.6) is 0 Å². The van der Waals surface area contributed by atoms with Crippen LogP contribution in [0.15, 0.2) is 0 Å². The lowest BCUT2D eigenvalue weighted by molar-refractivity contribution is -0.122. The monoisotopic (exact) mass is 286 g/mol. The van der Waals surface area contributed by atoms with Gasteiger partial charge in [-0.1, -0.05) is 20.8 Å². The molecule has 0 aromatic rings. The fourth-order valence-corrected chi connectivity index (χ4v) is 2.26. The second kappa shape index (κ2) is 6.46. The summed E-state index contributed by atoms with van der Waals surface area (Å²) in [7, 11) is 0. The number of hydrogen-bond donors (Lipinski definition) is 2. The minimum absolute atomic E-state index is 0.0809. The van der Waals surface area contributed by atoms with E-state index in [2.05, 4.69) is 31.4 Å². The Morgan fingerprint density at radius 3 is 1.85 bits per heavy atom. The first-order valence-electron chi connectivity index (χ1n) is 6.98. The third-order valence-corrected chi connectivity index (χ3v) is 2.24. The van der Waals surface area contributed by atoms with Gasteiger partial charge in [0.25, 0.3) is 0 Å². The lowest BCUT2D eigenvalue weighted by Crippen LogP contribution is -2.49. The predicted octanol–water partition coefficient (Wildman–Crippen LogP) is 2.84. The summed E-state index contributed by atoms with van der Waals surface area (Å²) in [6.07, 6.45) is 0.263. The van der Waals surface area contributed by atoms with Crippen LogP contribution in [0.25, 0.3) is 0 Å². The Labute approximate surface area is 122 Å². The molecule has 0 aromatic heterocycles. The fourth-order valence-electron chi connectivity index (χ4n) is 2.26. The molecule has 2 N–H and O–H groups in total. The number of alkyl carbamates (subject to hydrolysis) is 1. The molecule has 0 saturated carbocycles. The first kappa shape index (κ1) is 18.7. The zero-order valence-corrected chi connectivity index (χ0v) is 14.1. The number of carbonyl (C=O) groups is 2. The second-order valence-corrected chi connectivity index (χ2v) is 8.02. The van der Waals surface area contributed by atoms with Crippen LogP contribution in [0.4, 0.5) is 4.79 Å². The van der Waals surface area contributed by atoms with Crippen molar-refractivity contribution in [3.05, 3.63) is 0 Å². The van der Waals surface area contributed by atoms with E-state index in [-0.39, 0.29) is 23.4 Å². The van der Waals surface area contributed by atoms with Gasteiger partial charge >= 0.3 is 6.09 Å². The van der Waals surface area contributed by atoms with Crippen molar-refractivity contribution >= 4 is 12.0 Å². The molecule has 0 saturated heterocycles. The average Bonchev–Trinajstić information content (AvgIpc) is 2.06. The number of rotatable bonds is 4. The van der Waals surface area contributed by atoms with Gasteiger partial charge in [0.15, 0.2) is 0 Å². The number of hydrogen-bond acceptors (Lipinski definition) is 3. The summed E-state index contributed by atoms with van der Waals surface area (Å²) in [4.78, 5) is 23.3. The normalized spacial score (nSPS) is 12.8. The third-order valence-electron chi connectivity index (χ3n) is 2.24. The topological polar surface area (TPSA) is 67.4 Å². The van der Waals surface area contributed by atoms with Crippen LogP contribution < -0.4 is 10.6 Å². The number of amides is 2. The van der Waals surface area contributed by atoms with Crippen LogP contribution in [0.3, 0.4) is 0 Å². The molecule has 0 rings (SSSR count). The van der Waals surface area contributed by atoms with Crippen molar-refractivity contribution in [2.75, 3.05) is 6.54 Å². The molecule has 118 valence electrons. The fraction of sp³-hybridized carbons (Fsp3) is 0.867. The summed E-state index contributed by atoms with van der Waals surface area (Å²) in [6, 6.07) is 0. The van der Waals surface area contributed by atoms with Gasteiger partial charge in [-0.25, -0.2) is 4.79 Å². The van der Waals surface area contributed by atoms with E-state index < -0.39 is 11.7 Å². The van der Waals surface area contributed by atoms with E-state index in [0.717, 1.165) is 6.42 Å². The van der Waals surface area contributed by atoms with Crippen molar-refractivity contribution in [2.45, 2.75) is 73.0 Å². The van der Waals surface area contributed by atoms with Gasteiger partial charge in [0.2, 0.25) is 5.91 Å². The van der Waals surface area contributed by atoms with E-state index in [0.29, 0.717) is 0 Å². The molecule has 0 radical (unpaired) electrons. The largest absolute Gasteiger partial charge is 0.444 e. The minimum atomic E-state index is -0.582. The van der Waals surface area contributed by atoms with Gasteiger partial charge in [-0.15, -0.1) is 0 Å². The maximum atomic E-state index is 11.8. The Balaban J connectivity index is 4.21. The van der Waals surface area contributed by atoms with E-state index in [9.17, 15) is 9.59 Å². The van der Waals surface area contributed by atoms with E-state index >= 15 is 0 Å². The van der Waals surface area contributed by atoms with Crippen molar-refractivity contribution in [3.63, 3.8) is 0 Å². The SMILES string of the molecule is CC(C)(C)CC(C)(C)NC(=O)CNC(=O)OC(C)(C)C. The van der Waals surface area contributed by atoms with Crippen LogP contribution in [-0.4, -0.2) is 29.7 Å². The maximum Gasteiger partial charge on any atom is 0.408 e. The Kier molecular flexibility index (Phi) is 6.05. The molecular formula is C15H30N2O3. The van der Waals surface area contributed by atoms with E-state index in [4.69, 9.17) is 4.74 Å². The molecule has 0 atom stereocenters. The summed E-state index contributed by atoms with van der Waals surface area (Å²) in [5.74, 6) is -0.217. The molecule has 2 amide bonds. The Morgan fingerprint density at radius 2 is 1.45 bits per heavy atom. The minimum Gasteiger partial charge on any atom is -0.444 e. The van der Waals surface area contributed by atoms with Crippen molar-refractivity contribution in [1.29, 1.82) is 0 Å². The molecule has 0 aromatic carbocycles. The van der Waals surface area contributed by atoms with Gasteiger partial charge in [-0.05, 0) is 46.5 Å². The molecule has 0 aliphatic rings. The quantitative estimate of drug-likeness (QED) is 0.835. The van der Waals surface area contributed by atoms with Crippen LogP contribution >= 0.6 is 0 Å². The molecule has 20 heavy (non-hydrogen) atoms. The van der Waals surface area contributed by atoms with Crippen molar-refractivity contribution in [2.24, 2.45) is 5.41 Å². The average molecular weight is 286 g/mol. The van der Waals surface area contributed by atoms with Crippen LogP contribution in [0.1, 0.15) is 61.8 Å². The highest BCUT2D eigenvalue weighted by Gasteiger charge is 2.27. The summed E-state index contributed by atoms with van der Waals surface area (Å²) < 4.78 is 5.07. The van der Waals surface area contributed by atoms with Gasteiger partial charge in [0, 0.05) is 5.54 Å². The zero-order chi connectivity index (χ0) is 16.2. The van der Waals surface area contributed by atoms with Crippen LogP contribution in [0, 0.1) is 5.41 Å². The van der Waals surface area contributed by atoms with Gasteiger partial charge in [0.1, 0.15) is 12.1 Å². The molecule has 0 unspecified atom stereocenters. The molecule has 0 bridgehead atoms.